The van der Waals surface area contributed by atoms with Crippen molar-refractivity contribution in [2.75, 3.05) is 10.6 Å². The third-order valence-electron chi connectivity index (χ3n) is 3.33. The predicted molar refractivity (Wildman–Crippen MR) is 104 cm³/mol. The van der Waals surface area contributed by atoms with Crippen LogP contribution < -0.4 is 10.6 Å². The second kappa shape index (κ2) is 8.47. The number of nitrogens with one attached hydrogen (secondary N) is 2. The number of pyridine rings is 1. The molecule has 6 nitrogen and oxygen atoms in total. The monoisotopic (exact) mass is 381 g/mol. The van der Waals surface area contributed by atoms with Gasteiger partial charge in [0, 0.05) is 16.8 Å². The summed E-state index contributed by atoms with van der Waals surface area (Å²) in [7, 11) is 0. The highest BCUT2D eigenvalue weighted by atomic mass is 32.2. The molecule has 2 N–H and O–H groups in total. The Morgan fingerprint density at radius 2 is 2.19 bits per heavy atom. The Morgan fingerprint density at radius 3 is 2.96 bits per heavy atom. The number of rotatable bonds is 6. The quantitative estimate of drug-likeness (QED) is 0.649. The van der Waals surface area contributed by atoms with Crippen molar-refractivity contribution in [2.45, 2.75) is 22.4 Å². The molecule has 0 fully saturated rings. The summed E-state index contributed by atoms with van der Waals surface area (Å²) in [6.07, 6.45) is 3.36. The van der Waals surface area contributed by atoms with Gasteiger partial charge in [-0.2, -0.15) is 5.26 Å². The fraction of sp³-hybridized carbons (Fsp3) is 0.111. The van der Waals surface area contributed by atoms with Crippen LogP contribution in [0, 0.1) is 18.3 Å². The van der Waals surface area contributed by atoms with E-state index in [4.69, 9.17) is 5.26 Å². The first-order valence-electron chi connectivity index (χ1n) is 7.73. The number of nitrogens with zero attached hydrogens (tertiary/aromatic N) is 3. The van der Waals surface area contributed by atoms with E-state index in [2.05, 4.69) is 20.6 Å². The summed E-state index contributed by atoms with van der Waals surface area (Å²) in [6.45, 7) is 1.91. The van der Waals surface area contributed by atoms with Crippen molar-refractivity contribution in [1.82, 2.24) is 9.97 Å². The fourth-order valence-corrected chi connectivity index (χ4v) is 3.99. The second-order valence-electron chi connectivity index (χ2n) is 5.29. The fourth-order valence-electron chi connectivity index (χ4n) is 2.09. The van der Waals surface area contributed by atoms with E-state index in [1.54, 1.807) is 24.2 Å². The molecule has 0 unspecified atom stereocenters. The number of amides is 1. The predicted octanol–water partition coefficient (Wildman–Crippen LogP) is 4.59. The van der Waals surface area contributed by atoms with Gasteiger partial charge < -0.3 is 10.6 Å². The number of thiazole rings is 1. The van der Waals surface area contributed by atoms with E-state index in [-0.39, 0.29) is 12.3 Å². The molecule has 0 aliphatic carbocycles. The van der Waals surface area contributed by atoms with Crippen molar-refractivity contribution >= 4 is 45.6 Å². The van der Waals surface area contributed by atoms with Gasteiger partial charge >= 0.3 is 0 Å². The lowest BCUT2D eigenvalue weighted by Crippen LogP contribution is -2.11. The highest BCUT2D eigenvalue weighted by molar-refractivity contribution is 8.01. The highest BCUT2D eigenvalue weighted by Crippen LogP contribution is 2.36. The van der Waals surface area contributed by atoms with Crippen LogP contribution in [-0.2, 0) is 4.79 Å². The van der Waals surface area contributed by atoms with Gasteiger partial charge in [0.25, 0.3) is 0 Å². The van der Waals surface area contributed by atoms with Gasteiger partial charge in [0.15, 0.2) is 5.13 Å². The van der Waals surface area contributed by atoms with Gasteiger partial charge in [0.1, 0.15) is 12.2 Å². The van der Waals surface area contributed by atoms with Gasteiger partial charge in [0.2, 0.25) is 5.91 Å². The zero-order chi connectivity index (χ0) is 18.4. The number of anilines is 3. The first kappa shape index (κ1) is 17.9. The average Bonchev–Trinajstić information content (AvgIpc) is 3.06. The van der Waals surface area contributed by atoms with E-state index in [1.807, 2.05) is 49.4 Å². The molecule has 2 heterocycles. The minimum absolute atomic E-state index is 0.159. The zero-order valence-electron chi connectivity index (χ0n) is 13.9. The maximum Gasteiger partial charge on any atom is 0.238 e. The molecule has 26 heavy (non-hydrogen) atoms. The van der Waals surface area contributed by atoms with Crippen molar-refractivity contribution in [2.24, 2.45) is 0 Å². The molecule has 2 aromatic heterocycles. The smallest absolute Gasteiger partial charge is 0.238 e. The normalized spacial score (nSPS) is 10.2. The Bertz CT molecular complexity index is 950. The average molecular weight is 381 g/mol. The lowest BCUT2D eigenvalue weighted by atomic mass is 10.2. The molecule has 0 saturated heterocycles. The molecule has 3 aromatic rings. The number of aryl methyl sites for hydroxylation is 1. The van der Waals surface area contributed by atoms with E-state index in [0.29, 0.717) is 5.69 Å². The number of aromatic nitrogens is 2. The van der Waals surface area contributed by atoms with Gasteiger partial charge in [-0.05, 0) is 36.8 Å². The van der Waals surface area contributed by atoms with Gasteiger partial charge in [-0.25, -0.2) is 9.97 Å². The minimum Gasteiger partial charge on any atom is -0.325 e. The van der Waals surface area contributed by atoms with E-state index < -0.39 is 0 Å². The molecular weight excluding hydrogens is 366 g/mol. The summed E-state index contributed by atoms with van der Waals surface area (Å²) >= 11 is 3.09. The standard InChI is InChI=1S/C18H15N5OS2/c1-12-5-6-13(10-14(12)22-16(24)7-8-19)25-17-11-21-18(26-17)23-15-4-2-3-9-20-15/h2-6,9-11H,7H2,1H3,(H,22,24)(H,20,21,23). The van der Waals surface area contributed by atoms with Crippen LogP contribution in [0.3, 0.4) is 0 Å². The highest BCUT2D eigenvalue weighted by Gasteiger charge is 2.09. The topological polar surface area (TPSA) is 90.7 Å². The number of nitriles is 1. The molecular formula is C18H15N5OS2. The third-order valence-corrected chi connectivity index (χ3v) is 5.33. The molecule has 130 valence electrons. The zero-order valence-corrected chi connectivity index (χ0v) is 15.5. The number of hydrogen-bond donors (Lipinski definition) is 2. The van der Waals surface area contributed by atoms with Crippen molar-refractivity contribution in [1.29, 1.82) is 5.26 Å². The Labute approximate surface area is 159 Å². The molecule has 0 spiro atoms. The molecule has 1 aromatic carbocycles. The van der Waals surface area contributed by atoms with E-state index in [1.165, 1.54) is 11.3 Å². The minimum atomic E-state index is -0.308. The molecule has 3 rings (SSSR count). The number of hydrogen-bond acceptors (Lipinski definition) is 7. The summed E-state index contributed by atoms with van der Waals surface area (Å²) in [4.78, 5) is 21.2. The van der Waals surface area contributed by atoms with Crippen LogP contribution in [-0.4, -0.2) is 15.9 Å². The van der Waals surface area contributed by atoms with E-state index in [0.717, 1.165) is 25.6 Å². The molecule has 0 aliphatic heterocycles. The maximum absolute atomic E-state index is 11.6. The van der Waals surface area contributed by atoms with Crippen LogP contribution in [0.2, 0.25) is 0 Å². The van der Waals surface area contributed by atoms with Gasteiger partial charge in [-0.1, -0.05) is 35.2 Å². The SMILES string of the molecule is Cc1ccc(Sc2cnc(Nc3ccccn3)s2)cc1NC(=O)CC#N. The maximum atomic E-state index is 11.6. The Balaban J connectivity index is 1.69. The third kappa shape index (κ3) is 4.81. The molecule has 0 radical (unpaired) electrons. The van der Waals surface area contributed by atoms with Crippen LogP contribution in [0.15, 0.2) is 57.9 Å². The van der Waals surface area contributed by atoms with Crippen molar-refractivity contribution < 1.29 is 4.79 Å². The summed E-state index contributed by atoms with van der Waals surface area (Å²) in [6, 6.07) is 13.3. The van der Waals surface area contributed by atoms with Crippen LogP contribution in [0.4, 0.5) is 16.6 Å². The number of benzene rings is 1. The van der Waals surface area contributed by atoms with Crippen molar-refractivity contribution in [3.63, 3.8) is 0 Å². The van der Waals surface area contributed by atoms with Crippen LogP contribution in [0.1, 0.15) is 12.0 Å². The molecule has 1 amide bonds. The summed E-state index contributed by atoms with van der Waals surface area (Å²) in [5, 5.41) is 15.3. The van der Waals surface area contributed by atoms with Crippen LogP contribution in [0.5, 0.6) is 0 Å². The summed E-state index contributed by atoms with van der Waals surface area (Å²) in [5.74, 6) is 0.439. The Kier molecular flexibility index (Phi) is 5.84. The van der Waals surface area contributed by atoms with Crippen molar-refractivity contribution in [3.05, 3.63) is 54.4 Å². The molecule has 8 heteroatoms. The van der Waals surface area contributed by atoms with Gasteiger partial charge in [0.05, 0.1) is 16.5 Å². The van der Waals surface area contributed by atoms with E-state index >= 15 is 0 Å². The lowest BCUT2D eigenvalue weighted by Gasteiger charge is -2.08. The van der Waals surface area contributed by atoms with Gasteiger partial charge in [-0.15, -0.1) is 0 Å². The Morgan fingerprint density at radius 1 is 1.31 bits per heavy atom. The first-order chi connectivity index (χ1) is 12.6. The molecule has 0 saturated carbocycles. The summed E-state index contributed by atoms with van der Waals surface area (Å²) < 4.78 is 1.02. The second-order valence-corrected chi connectivity index (χ2v) is 7.69. The Hall–Kier alpha value is -2.89. The largest absolute Gasteiger partial charge is 0.325 e. The van der Waals surface area contributed by atoms with E-state index in [9.17, 15) is 4.79 Å². The molecule has 0 bridgehead atoms. The molecule has 0 atom stereocenters. The summed E-state index contributed by atoms with van der Waals surface area (Å²) in [5.41, 5.74) is 1.66. The first-order valence-corrected chi connectivity index (χ1v) is 9.36. The lowest BCUT2D eigenvalue weighted by molar-refractivity contribution is -0.115. The number of carbonyl (C=O) groups excluding carboxylic acids is 1. The molecule has 0 aliphatic rings. The number of carbonyl (C=O) groups is 1. The van der Waals surface area contributed by atoms with Crippen molar-refractivity contribution in [3.8, 4) is 6.07 Å². The van der Waals surface area contributed by atoms with Gasteiger partial charge in [-0.3, -0.25) is 4.79 Å². The van der Waals surface area contributed by atoms with Crippen LogP contribution in [0.25, 0.3) is 0 Å². The van der Waals surface area contributed by atoms with Crippen LogP contribution >= 0.6 is 23.1 Å².